The second-order valence-corrected chi connectivity index (χ2v) is 5.08. The van der Waals surface area contributed by atoms with Gasteiger partial charge in [0.25, 0.3) is 0 Å². The summed E-state index contributed by atoms with van der Waals surface area (Å²) in [6, 6.07) is 9.76. The van der Waals surface area contributed by atoms with Gasteiger partial charge in [-0.1, -0.05) is 58.1 Å². The Morgan fingerprint density at radius 3 is 2.67 bits per heavy atom. The van der Waals surface area contributed by atoms with Crippen molar-refractivity contribution >= 4 is 15.9 Å². The van der Waals surface area contributed by atoms with Crippen LogP contribution in [-0.4, -0.2) is 23.4 Å². The Morgan fingerprint density at radius 1 is 1.11 bits per heavy atom. The predicted molar refractivity (Wildman–Crippen MR) is 73.1 cm³/mol. The zero-order valence-electron chi connectivity index (χ0n) is 9.51. The van der Waals surface area contributed by atoms with Crippen molar-refractivity contribution in [3.63, 3.8) is 0 Å². The first-order chi connectivity index (χ1) is 8.75. The Balaban J connectivity index is 1.95. The van der Waals surface area contributed by atoms with Crippen molar-refractivity contribution in [2.75, 3.05) is 0 Å². The molecule has 2 heterocycles. The van der Waals surface area contributed by atoms with Crippen molar-refractivity contribution in [1.82, 2.24) is 0 Å². The van der Waals surface area contributed by atoms with Crippen molar-refractivity contribution in [3.05, 3.63) is 58.1 Å². The summed E-state index contributed by atoms with van der Waals surface area (Å²) in [5.41, 5.74) is 1.75. The van der Waals surface area contributed by atoms with Gasteiger partial charge < -0.3 is 9.84 Å². The standard InChI is InChI=1S/C15H11BrO2/c16-14-11(7-6-10-4-2-1-3-5-10)12-8-9-13(18-12)15(14)17/h1-5,8-9,12-13,15,17H/t12-,13+,15-/m1/s1. The predicted octanol–water partition coefficient (Wildman–Crippen LogP) is 2.39. The highest BCUT2D eigenvalue weighted by Gasteiger charge is 2.36. The third-order valence-electron chi connectivity index (χ3n) is 3.01. The van der Waals surface area contributed by atoms with Crippen molar-refractivity contribution < 1.29 is 9.84 Å². The van der Waals surface area contributed by atoms with Crippen LogP contribution in [0.3, 0.4) is 0 Å². The van der Waals surface area contributed by atoms with Gasteiger partial charge in [-0.25, -0.2) is 0 Å². The molecule has 0 saturated heterocycles. The second-order valence-electron chi connectivity index (χ2n) is 4.23. The number of benzene rings is 1. The number of rotatable bonds is 0. The van der Waals surface area contributed by atoms with E-state index in [0.717, 1.165) is 15.6 Å². The highest BCUT2D eigenvalue weighted by atomic mass is 79.9. The largest absolute Gasteiger partial charge is 0.385 e. The molecule has 2 bridgehead atoms. The fourth-order valence-corrected chi connectivity index (χ4v) is 2.63. The van der Waals surface area contributed by atoms with E-state index in [9.17, 15) is 5.11 Å². The molecule has 2 aliphatic heterocycles. The van der Waals surface area contributed by atoms with E-state index in [1.54, 1.807) is 0 Å². The topological polar surface area (TPSA) is 29.5 Å². The first-order valence-corrected chi connectivity index (χ1v) is 6.53. The summed E-state index contributed by atoms with van der Waals surface area (Å²) in [5.74, 6) is 6.18. The maximum absolute atomic E-state index is 9.98. The molecule has 2 nitrogen and oxygen atoms in total. The molecule has 1 N–H and O–H groups in total. The van der Waals surface area contributed by atoms with Crippen LogP contribution in [0.1, 0.15) is 5.56 Å². The average Bonchev–Trinajstić information content (AvgIpc) is 2.84. The number of fused-ring (bicyclic) bond motifs is 2. The molecule has 0 amide bonds. The molecule has 90 valence electrons. The number of aliphatic hydroxyl groups is 1. The van der Waals surface area contributed by atoms with Gasteiger partial charge in [0.05, 0.1) is 0 Å². The minimum Gasteiger partial charge on any atom is -0.385 e. The Morgan fingerprint density at radius 2 is 1.89 bits per heavy atom. The molecule has 3 rings (SSSR count). The summed E-state index contributed by atoms with van der Waals surface area (Å²) in [5, 5.41) is 9.98. The van der Waals surface area contributed by atoms with E-state index >= 15 is 0 Å². The molecular formula is C15H11BrO2. The van der Waals surface area contributed by atoms with Gasteiger partial charge in [0, 0.05) is 15.6 Å². The molecule has 1 aromatic carbocycles. The number of ether oxygens (including phenoxy) is 1. The van der Waals surface area contributed by atoms with Crippen LogP contribution in [0.5, 0.6) is 0 Å². The molecule has 0 fully saturated rings. The molecule has 0 spiro atoms. The molecule has 2 aliphatic rings. The SMILES string of the molecule is O[C@H]1C(Br)=C(C#Cc2ccccc2)[C@H]2C=C[C@@H]1O2. The van der Waals surface area contributed by atoms with Crippen molar-refractivity contribution in [2.45, 2.75) is 18.3 Å². The molecule has 3 heteroatoms. The van der Waals surface area contributed by atoms with Gasteiger partial charge in [0.1, 0.15) is 18.3 Å². The van der Waals surface area contributed by atoms with Crippen LogP contribution in [-0.2, 0) is 4.74 Å². The minimum atomic E-state index is -0.653. The molecule has 0 aliphatic carbocycles. The van der Waals surface area contributed by atoms with Crippen LogP contribution in [0.4, 0.5) is 0 Å². The molecule has 0 aromatic heterocycles. The van der Waals surface area contributed by atoms with Gasteiger partial charge in [-0.3, -0.25) is 0 Å². The fraction of sp³-hybridized carbons (Fsp3) is 0.200. The fourth-order valence-electron chi connectivity index (χ4n) is 2.05. The summed E-state index contributed by atoms with van der Waals surface area (Å²) in [6.45, 7) is 0. The molecule has 1 aromatic rings. The minimum absolute atomic E-state index is 0.135. The molecule has 18 heavy (non-hydrogen) atoms. The van der Waals surface area contributed by atoms with E-state index in [-0.39, 0.29) is 12.2 Å². The van der Waals surface area contributed by atoms with Crippen LogP contribution >= 0.6 is 15.9 Å². The Hall–Kier alpha value is -1.34. The monoisotopic (exact) mass is 302 g/mol. The lowest BCUT2D eigenvalue weighted by Gasteiger charge is -2.26. The van der Waals surface area contributed by atoms with Gasteiger partial charge in [-0.15, -0.1) is 0 Å². The Bertz CT molecular complexity index is 578. The van der Waals surface area contributed by atoms with E-state index in [1.165, 1.54) is 0 Å². The number of hydrogen-bond acceptors (Lipinski definition) is 2. The summed E-state index contributed by atoms with van der Waals surface area (Å²) in [6.07, 6.45) is 2.79. The van der Waals surface area contributed by atoms with E-state index < -0.39 is 6.10 Å². The summed E-state index contributed by atoms with van der Waals surface area (Å²) >= 11 is 3.42. The lowest BCUT2D eigenvalue weighted by Crippen LogP contribution is -2.33. The number of aliphatic hydroxyl groups excluding tert-OH is 1. The normalized spacial score (nSPS) is 29.1. The molecular weight excluding hydrogens is 292 g/mol. The molecule has 3 atom stereocenters. The van der Waals surface area contributed by atoms with Crippen LogP contribution in [0.2, 0.25) is 0 Å². The number of halogens is 1. The quantitative estimate of drug-likeness (QED) is 0.589. The summed E-state index contributed by atoms with van der Waals surface area (Å²) < 4.78 is 6.36. The maximum Gasteiger partial charge on any atom is 0.116 e. The van der Waals surface area contributed by atoms with Gasteiger partial charge >= 0.3 is 0 Å². The lowest BCUT2D eigenvalue weighted by atomic mass is 10.1. The summed E-state index contributed by atoms with van der Waals surface area (Å²) in [4.78, 5) is 0. The van der Waals surface area contributed by atoms with Crippen LogP contribution in [0.15, 0.2) is 52.5 Å². The first kappa shape index (κ1) is 11.7. The van der Waals surface area contributed by atoms with Gasteiger partial charge in [-0.05, 0) is 12.1 Å². The summed E-state index contributed by atoms with van der Waals surface area (Å²) in [7, 11) is 0. The third kappa shape index (κ3) is 2.04. The van der Waals surface area contributed by atoms with Gasteiger partial charge in [0.2, 0.25) is 0 Å². The van der Waals surface area contributed by atoms with Crippen LogP contribution < -0.4 is 0 Å². The van der Waals surface area contributed by atoms with E-state index in [2.05, 4.69) is 27.8 Å². The second kappa shape index (κ2) is 4.74. The van der Waals surface area contributed by atoms with Crippen molar-refractivity contribution in [3.8, 4) is 11.8 Å². The highest BCUT2D eigenvalue weighted by molar-refractivity contribution is 9.11. The third-order valence-corrected chi connectivity index (χ3v) is 3.90. The number of hydrogen-bond donors (Lipinski definition) is 1. The zero-order chi connectivity index (χ0) is 12.5. The van der Waals surface area contributed by atoms with E-state index in [1.807, 2.05) is 42.5 Å². The maximum atomic E-state index is 9.98. The van der Waals surface area contributed by atoms with Crippen LogP contribution in [0, 0.1) is 11.8 Å². The van der Waals surface area contributed by atoms with Gasteiger partial charge in [-0.2, -0.15) is 0 Å². The highest BCUT2D eigenvalue weighted by Crippen LogP contribution is 2.34. The Labute approximate surface area is 114 Å². The first-order valence-electron chi connectivity index (χ1n) is 5.74. The molecule has 0 saturated carbocycles. The zero-order valence-corrected chi connectivity index (χ0v) is 11.1. The van der Waals surface area contributed by atoms with Crippen molar-refractivity contribution in [2.24, 2.45) is 0 Å². The van der Waals surface area contributed by atoms with Crippen molar-refractivity contribution in [1.29, 1.82) is 0 Å². The lowest BCUT2D eigenvalue weighted by molar-refractivity contribution is -0.00292. The van der Waals surface area contributed by atoms with Crippen LogP contribution in [0.25, 0.3) is 0 Å². The average molecular weight is 303 g/mol. The van der Waals surface area contributed by atoms with E-state index in [0.29, 0.717) is 0 Å². The smallest absolute Gasteiger partial charge is 0.116 e. The molecule has 0 radical (unpaired) electrons. The Kier molecular flexibility index (Phi) is 3.09. The van der Waals surface area contributed by atoms with E-state index in [4.69, 9.17) is 4.74 Å². The molecule has 0 unspecified atom stereocenters. The van der Waals surface area contributed by atoms with Gasteiger partial charge in [0.15, 0.2) is 0 Å².